The summed E-state index contributed by atoms with van der Waals surface area (Å²) in [4.78, 5) is 15.2. The van der Waals surface area contributed by atoms with E-state index in [-0.39, 0.29) is 5.19 Å². The number of nitrogens with zero attached hydrogens (tertiary/aromatic N) is 2. The smallest absolute Gasteiger partial charge is 0.348 e. The number of pyridine rings is 1. The molecule has 0 aliphatic heterocycles. The van der Waals surface area contributed by atoms with E-state index >= 15 is 0 Å². The van der Waals surface area contributed by atoms with E-state index in [0.717, 1.165) is 35.3 Å². The maximum Gasteiger partial charge on any atom is 0.348 e. The largest absolute Gasteiger partial charge is 0.831 e. The number of aromatic nitrogens is 2. The Labute approximate surface area is 110 Å². The average molecular weight is 262 g/mol. The van der Waals surface area contributed by atoms with Crippen LogP contribution in [-0.2, 0) is 12.8 Å². The first-order valence-corrected chi connectivity index (χ1v) is 6.67. The summed E-state index contributed by atoms with van der Waals surface area (Å²) in [5, 5.41) is 11.0. The van der Waals surface area contributed by atoms with Crippen LogP contribution < -0.4 is 9.67 Å². The Bertz CT molecular complexity index is 556. The van der Waals surface area contributed by atoms with Crippen molar-refractivity contribution in [2.45, 2.75) is 26.7 Å². The van der Waals surface area contributed by atoms with Crippen molar-refractivity contribution in [1.82, 2.24) is 4.98 Å². The van der Waals surface area contributed by atoms with Gasteiger partial charge in [0, 0.05) is 0 Å². The molecule has 0 fully saturated rings. The SMILES string of the molecule is CCc1cc(CC)c[n+](-c2nc([O-])sc2C=O)c1. The van der Waals surface area contributed by atoms with Crippen LogP contribution in [0, 0.1) is 0 Å². The fraction of sp³-hybridized carbons (Fsp3) is 0.308. The highest BCUT2D eigenvalue weighted by molar-refractivity contribution is 7.15. The third-order valence-electron chi connectivity index (χ3n) is 2.76. The number of carbonyl (C=O) groups is 1. The zero-order chi connectivity index (χ0) is 13.1. The number of thiazole rings is 1. The lowest BCUT2D eigenvalue weighted by atomic mass is 10.1. The highest BCUT2D eigenvalue weighted by atomic mass is 32.1. The van der Waals surface area contributed by atoms with Crippen LogP contribution in [0.2, 0.25) is 0 Å². The highest BCUT2D eigenvalue weighted by Crippen LogP contribution is 2.20. The summed E-state index contributed by atoms with van der Waals surface area (Å²) in [5.41, 5.74) is 2.32. The minimum absolute atomic E-state index is 0.334. The van der Waals surface area contributed by atoms with Crippen LogP contribution in [0.15, 0.2) is 18.5 Å². The molecule has 0 aliphatic rings. The third kappa shape index (κ3) is 2.41. The maximum absolute atomic E-state index is 11.3. The Kier molecular flexibility index (Phi) is 3.72. The van der Waals surface area contributed by atoms with Gasteiger partial charge in [0.25, 0.3) is 0 Å². The van der Waals surface area contributed by atoms with Gasteiger partial charge in [-0.25, -0.2) is 4.57 Å². The molecule has 0 N–H and O–H groups in total. The Morgan fingerprint density at radius 1 is 1.33 bits per heavy atom. The Balaban J connectivity index is 2.58. The van der Waals surface area contributed by atoms with Gasteiger partial charge in [0.2, 0.25) is 0 Å². The Morgan fingerprint density at radius 2 is 1.94 bits per heavy atom. The predicted molar refractivity (Wildman–Crippen MR) is 67.2 cm³/mol. The zero-order valence-corrected chi connectivity index (χ0v) is 11.2. The van der Waals surface area contributed by atoms with E-state index in [1.807, 2.05) is 12.4 Å². The summed E-state index contributed by atoms with van der Waals surface area (Å²) in [6.07, 6.45) is 6.32. The second-order valence-electron chi connectivity index (χ2n) is 3.95. The van der Waals surface area contributed by atoms with E-state index in [1.165, 1.54) is 0 Å². The summed E-state index contributed by atoms with van der Waals surface area (Å²) >= 11 is 0.881. The number of hydrogen-bond acceptors (Lipinski definition) is 4. The summed E-state index contributed by atoms with van der Waals surface area (Å²) in [6.45, 7) is 4.14. The van der Waals surface area contributed by atoms with Gasteiger partial charge in [-0.05, 0) is 35.0 Å². The Hall–Kier alpha value is -1.75. The first-order valence-electron chi connectivity index (χ1n) is 5.85. The van der Waals surface area contributed by atoms with Gasteiger partial charge in [0.15, 0.2) is 16.4 Å². The van der Waals surface area contributed by atoms with Crippen molar-refractivity contribution in [2.24, 2.45) is 0 Å². The molecule has 4 nitrogen and oxygen atoms in total. The first-order chi connectivity index (χ1) is 8.67. The number of aryl methyl sites for hydroxylation is 2. The van der Waals surface area contributed by atoms with Gasteiger partial charge < -0.3 is 5.11 Å². The number of aldehydes is 1. The van der Waals surface area contributed by atoms with Gasteiger partial charge in [-0.3, -0.25) is 4.79 Å². The molecule has 0 amide bonds. The van der Waals surface area contributed by atoms with E-state index in [1.54, 1.807) is 4.57 Å². The zero-order valence-electron chi connectivity index (χ0n) is 10.3. The molecule has 5 heteroatoms. The first kappa shape index (κ1) is 12.7. The number of hydrogen-bond donors (Lipinski definition) is 0. The molecule has 2 rings (SSSR count). The lowest BCUT2D eigenvalue weighted by Crippen LogP contribution is -2.33. The molecule has 0 aromatic carbocycles. The molecule has 2 aromatic rings. The van der Waals surface area contributed by atoms with Crippen LogP contribution in [0.4, 0.5) is 0 Å². The van der Waals surface area contributed by atoms with Gasteiger partial charge in [-0.1, -0.05) is 25.2 Å². The van der Waals surface area contributed by atoms with E-state index in [0.29, 0.717) is 17.0 Å². The van der Waals surface area contributed by atoms with Crippen molar-refractivity contribution in [2.75, 3.05) is 0 Å². The van der Waals surface area contributed by atoms with Crippen LogP contribution in [0.25, 0.3) is 5.82 Å². The minimum atomic E-state index is -0.334. The van der Waals surface area contributed by atoms with Crippen molar-refractivity contribution >= 4 is 17.6 Å². The molecule has 0 radical (unpaired) electrons. The fourth-order valence-electron chi connectivity index (χ4n) is 1.78. The fourth-order valence-corrected chi connectivity index (χ4v) is 2.39. The maximum atomic E-state index is 11.3. The number of rotatable bonds is 4. The lowest BCUT2D eigenvalue weighted by Gasteiger charge is -2.03. The molecule has 0 atom stereocenters. The molecule has 0 saturated carbocycles. The van der Waals surface area contributed by atoms with Crippen LogP contribution in [0.3, 0.4) is 0 Å². The molecular formula is C13H14N2O2S. The van der Waals surface area contributed by atoms with Crippen LogP contribution in [0.1, 0.15) is 34.6 Å². The van der Waals surface area contributed by atoms with Crippen molar-refractivity contribution in [3.63, 3.8) is 0 Å². The molecule has 94 valence electrons. The molecule has 0 saturated heterocycles. The average Bonchev–Trinajstić information content (AvgIpc) is 2.79. The van der Waals surface area contributed by atoms with Crippen LogP contribution >= 0.6 is 11.3 Å². The minimum Gasteiger partial charge on any atom is -0.831 e. The van der Waals surface area contributed by atoms with Gasteiger partial charge in [-0.15, -0.1) is 0 Å². The second kappa shape index (κ2) is 5.27. The van der Waals surface area contributed by atoms with Crippen molar-refractivity contribution in [3.8, 4) is 11.0 Å². The summed E-state index contributed by atoms with van der Waals surface area (Å²) in [6, 6.07) is 2.13. The molecule has 0 unspecified atom stereocenters. The van der Waals surface area contributed by atoms with Gasteiger partial charge in [0.1, 0.15) is 0 Å². The topological polar surface area (TPSA) is 56.9 Å². The summed E-state index contributed by atoms with van der Waals surface area (Å²) in [7, 11) is 0. The lowest BCUT2D eigenvalue weighted by molar-refractivity contribution is -0.600. The quantitative estimate of drug-likeness (QED) is 0.618. The highest BCUT2D eigenvalue weighted by Gasteiger charge is 2.18. The summed E-state index contributed by atoms with van der Waals surface area (Å²) < 4.78 is 1.78. The monoisotopic (exact) mass is 262 g/mol. The predicted octanol–water partition coefficient (Wildman–Crippen LogP) is 1.43. The molecule has 0 spiro atoms. The van der Waals surface area contributed by atoms with Crippen LogP contribution in [-0.4, -0.2) is 11.3 Å². The van der Waals surface area contributed by atoms with Gasteiger partial charge in [0.05, 0.1) is 12.4 Å². The van der Waals surface area contributed by atoms with E-state index in [2.05, 4.69) is 24.9 Å². The van der Waals surface area contributed by atoms with Crippen molar-refractivity contribution in [1.29, 1.82) is 0 Å². The van der Waals surface area contributed by atoms with Crippen molar-refractivity contribution in [3.05, 3.63) is 34.5 Å². The number of carbonyl (C=O) groups excluding carboxylic acids is 1. The third-order valence-corrected chi connectivity index (χ3v) is 3.53. The molecule has 2 aromatic heterocycles. The van der Waals surface area contributed by atoms with Crippen LogP contribution in [0.5, 0.6) is 5.19 Å². The van der Waals surface area contributed by atoms with Gasteiger partial charge >= 0.3 is 5.82 Å². The summed E-state index contributed by atoms with van der Waals surface area (Å²) in [5.74, 6) is 0.435. The standard InChI is InChI=1S/C13H14N2O2S/c1-3-9-5-10(4-2)7-15(6-9)12-11(8-16)18-13(17)14-12/h5-8H,3-4H2,1-2H3. The second-order valence-corrected chi connectivity index (χ2v) is 4.95. The molecule has 2 heterocycles. The van der Waals surface area contributed by atoms with Gasteiger partial charge in [-0.2, -0.15) is 0 Å². The van der Waals surface area contributed by atoms with E-state index in [9.17, 15) is 9.90 Å². The Morgan fingerprint density at radius 3 is 2.44 bits per heavy atom. The van der Waals surface area contributed by atoms with E-state index in [4.69, 9.17) is 0 Å². The molecular weight excluding hydrogens is 248 g/mol. The molecule has 0 aliphatic carbocycles. The molecule has 18 heavy (non-hydrogen) atoms. The normalized spacial score (nSPS) is 10.6. The van der Waals surface area contributed by atoms with Crippen molar-refractivity contribution < 1.29 is 14.5 Å². The van der Waals surface area contributed by atoms with E-state index < -0.39 is 0 Å². The molecule has 0 bridgehead atoms.